The van der Waals surface area contributed by atoms with Crippen molar-refractivity contribution in [3.05, 3.63) is 40.5 Å². The molecule has 0 heterocycles. The minimum Gasteiger partial charge on any atom is -0.421 e. The number of nitrogen functional groups attached to an aromatic ring is 1. The molecule has 0 aromatic heterocycles. The van der Waals surface area contributed by atoms with E-state index in [1.807, 2.05) is 0 Å². The summed E-state index contributed by atoms with van der Waals surface area (Å²) in [5.74, 6) is -0.668. The highest BCUT2D eigenvalue weighted by Crippen LogP contribution is 2.27. The van der Waals surface area contributed by atoms with Gasteiger partial charge in [0.15, 0.2) is 5.75 Å². The molecule has 0 amide bonds. The van der Waals surface area contributed by atoms with Gasteiger partial charge in [0.05, 0.1) is 16.7 Å². The molecule has 0 aliphatic heterocycles. The minimum atomic E-state index is -0.639. The number of benzene rings is 1. The van der Waals surface area contributed by atoms with Crippen LogP contribution in [-0.4, -0.2) is 10.9 Å². The number of hydrogen-bond donors (Lipinski definition) is 1. The second-order valence-corrected chi connectivity index (χ2v) is 3.33. The van der Waals surface area contributed by atoms with Gasteiger partial charge in [0.1, 0.15) is 0 Å². The summed E-state index contributed by atoms with van der Waals surface area (Å²) in [7, 11) is 0. The van der Waals surface area contributed by atoms with Crippen LogP contribution in [-0.2, 0) is 4.79 Å². The Labute approximate surface area is 97.8 Å². The van der Waals surface area contributed by atoms with Gasteiger partial charge >= 0.3 is 5.97 Å². The third-order valence-electron chi connectivity index (χ3n) is 2.13. The average Bonchev–Trinajstić information content (AvgIpc) is 2.30. The molecule has 0 atom stereocenters. The van der Waals surface area contributed by atoms with Crippen molar-refractivity contribution in [3.8, 4) is 5.75 Å². The zero-order chi connectivity index (χ0) is 13.0. The Balaban J connectivity index is 2.98. The largest absolute Gasteiger partial charge is 0.421 e. The normalized spacial score (nSPS) is 9.71. The molecule has 90 valence electrons. The summed E-state index contributed by atoms with van der Waals surface area (Å²) in [5.41, 5.74) is 5.79. The lowest BCUT2D eigenvalue weighted by Gasteiger charge is -2.07. The number of ether oxygens (including phenoxy) is 1. The number of rotatable bonds is 4. The monoisotopic (exact) mass is 236 g/mol. The summed E-state index contributed by atoms with van der Waals surface area (Å²) in [6.07, 6.45) is 0.438. The van der Waals surface area contributed by atoms with Crippen molar-refractivity contribution in [1.82, 2.24) is 0 Å². The van der Waals surface area contributed by atoms with Gasteiger partial charge in [-0.2, -0.15) is 0 Å². The van der Waals surface area contributed by atoms with Crippen LogP contribution >= 0.6 is 0 Å². The van der Waals surface area contributed by atoms with Gasteiger partial charge in [0.25, 0.3) is 5.69 Å². The number of carbonyl (C=O) groups excluding carboxylic acids is 1. The van der Waals surface area contributed by atoms with Crippen molar-refractivity contribution in [2.24, 2.45) is 0 Å². The summed E-state index contributed by atoms with van der Waals surface area (Å²) in [4.78, 5) is 21.4. The predicted molar refractivity (Wildman–Crippen MR) is 62.6 cm³/mol. The molecule has 6 heteroatoms. The molecule has 17 heavy (non-hydrogen) atoms. The lowest BCUT2D eigenvalue weighted by Crippen LogP contribution is -2.11. The Bertz CT molecular complexity index is 482. The molecule has 0 radical (unpaired) electrons. The van der Waals surface area contributed by atoms with Crippen LogP contribution in [0, 0.1) is 10.1 Å². The zero-order valence-corrected chi connectivity index (χ0v) is 9.30. The van der Waals surface area contributed by atoms with E-state index in [9.17, 15) is 14.9 Å². The standard InChI is InChI=1S/C11H12N2O4/c1-3-7(2)11(14)17-10-6-8(13(15)16)4-5-9(10)12/h4-6H,2-3,12H2,1H3. The minimum absolute atomic E-state index is 0.0289. The van der Waals surface area contributed by atoms with Gasteiger partial charge in [0, 0.05) is 11.6 Å². The molecule has 1 rings (SSSR count). The van der Waals surface area contributed by atoms with Crippen LogP contribution in [0.15, 0.2) is 30.4 Å². The second-order valence-electron chi connectivity index (χ2n) is 3.33. The van der Waals surface area contributed by atoms with E-state index in [1.54, 1.807) is 6.92 Å². The Hall–Kier alpha value is -2.37. The van der Waals surface area contributed by atoms with Crippen LogP contribution in [0.5, 0.6) is 5.75 Å². The number of anilines is 1. The van der Waals surface area contributed by atoms with Crippen LogP contribution in [0.2, 0.25) is 0 Å². The lowest BCUT2D eigenvalue weighted by molar-refractivity contribution is -0.384. The Kier molecular flexibility index (Phi) is 3.82. The van der Waals surface area contributed by atoms with Crippen molar-refractivity contribution in [2.75, 3.05) is 5.73 Å². The molecule has 1 aromatic rings. The number of nitrogens with two attached hydrogens (primary N) is 1. The lowest BCUT2D eigenvalue weighted by atomic mass is 10.2. The molecule has 0 aliphatic rings. The summed E-state index contributed by atoms with van der Waals surface area (Å²) < 4.78 is 4.92. The van der Waals surface area contributed by atoms with Crippen molar-refractivity contribution in [2.45, 2.75) is 13.3 Å². The molecule has 0 aliphatic carbocycles. The number of hydrogen-bond acceptors (Lipinski definition) is 5. The smallest absolute Gasteiger partial charge is 0.338 e. The van der Waals surface area contributed by atoms with Crippen molar-refractivity contribution in [1.29, 1.82) is 0 Å². The maximum atomic E-state index is 11.4. The molecule has 0 fully saturated rings. The first-order valence-corrected chi connectivity index (χ1v) is 4.89. The first kappa shape index (κ1) is 12.7. The van der Waals surface area contributed by atoms with E-state index in [0.29, 0.717) is 6.42 Å². The first-order chi connectivity index (χ1) is 7.95. The molecule has 2 N–H and O–H groups in total. The number of carbonyl (C=O) groups is 1. The Morgan fingerprint density at radius 2 is 2.24 bits per heavy atom. The topological polar surface area (TPSA) is 95.5 Å². The molecule has 0 saturated carbocycles. The van der Waals surface area contributed by atoms with E-state index >= 15 is 0 Å². The highest BCUT2D eigenvalue weighted by atomic mass is 16.6. The van der Waals surface area contributed by atoms with Crippen LogP contribution in [0.25, 0.3) is 0 Å². The van der Waals surface area contributed by atoms with Gasteiger partial charge in [-0.1, -0.05) is 13.5 Å². The number of esters is 1. The third kappa shape index (κ3) is 3.04. The first-order valence-electron chi connectivity index (χ1n) is 4.89. The van der Waals surface area contributed by atoms with E-state index < -0.39 is 10.9 Å². The van der Waals surface area contributed by atoms with E-state index in [-0.39, 0.29) is 22.7 Å². The Morgan fingerprint density at radius 1 is 1.59 bits per heavy atom. The number of nitro groups is 1. The van der Waals surface area contributed by atoms with Crippen LogP contribution in [0.3, 0.4) is 0 Å². The average molecular weight is 236 g/mol. The van der Waals surface area contributed by atoms with Crippen LogP contribution in [0.1, 0.15) is 13.3 Å². The molecule has 0 bridgehead atoms. The molecule has 0 spiro atoms. The third-order valence-corrected chi connectivity index (χ3v) is 2.13. The summed E-state index contributed by atoms with van der Waals surface area (Å²) in [6, 6.07) is 3.66. The summed E-state index contributed by atoms with van der Waals surface area (Å²) >= 11 is 0. The fourth-order valence-corrected chi connectivity index (χ4v) is 1.04. The van der Waals surface area contributed by atoms with E-state index in [0.717, 1.165) is 6.07 Å². The fraction of sp³-hybridized carbons (Fsp3) is 0.182. The molecule has 0 saturated heterocycles. The highest BCUT2D eigenvalue weighted by Gasteiger charge is 2.14. The van der Waals surface area contributed by atoms with E-state index in [1.165, 1.54) is 12.1 Å². The number of non-ortho nitro benzene ring substituents is 1. The number of nitrogens with zero attached hydrogens (tertiary/aromatic N) is 1. The maximum absolute atomic E-state index is 11.4. The second kappa shape index (κ2) is 5.11. The SMILES string of the molecule is C=C(CC)C(=O)Oc1cc([N+](=O)[O-])ccc1N. The zero-order valence-electron chi connectivity index (χ0n) is 9.30. The molecule has 1 aromatic carbocycles. The molecule has 6 nitrogen and oxygen atoms in total. The summed E-state index contributed by atoms with van der Waals surface area (Å²) in [6.45, 7) is 5.26. The van der Waals surface area contributed by atoms with Gasteiger partial charge in [0.2, 0.25) is 0 Å². The molecular formula is C11H12N2O4. The van der Waals surface area contributed by atoms with Gasteiger partial charge in [-0.05, 0) is 12.5 Å². The van der Waals surface area contributed by atoms with Gasteiger partial charge in [-0.15, -0.1) is 0 Å². The Morgan fingerprint density at radius 3 is 2.76 bits per heavy atom. The van der Waals surface area contributed by atoms with Gasteiger partial charge < -0.3 is 10.5 Å². The molecular weight excluding hydrogens is 224 g/mol. The van der Waals surface area contributed by atoms with Crippen LogP contribution < -0.4 is 10.5 Å². The van der Waals surface area contributed by atoms with E-state index in [4.69, 9.17) is 10.5 Å². The van der Waals surface area contributed by atoms with Crippen molar-refractivity contribution in [3.63, 3.8) is 0 Å². The van der Waals surface area contributed by atoms with Crippen LogP contribution in [0.4, 0.5) is 11.4 Å². The van der Waals surface area contributed by atoms with Crippen molar-refractivity contribution < 1.29 is 14.5 Å². The maximum Gasteiger partial charge on any atom is 0.338 e. The predicted octanol–water partition coefficient (Wildman–Crippen LogP) is 2.05. The van der Waals surface area contributed by atoms with Gasteiger partial charge in [-0.25, -0.2) is 4.79 Å². The fourth-order valence-electron chi connectivity index (χ4n) is 1.04. The number of nitro benzene ring substituents is 1. The quantitative estimate of drug-likeness (QED) is 0.215. The van der Waals surface area contributed by atoms with Crippen molar-refractivity contribution >= 4 is 17.3 Å². The van der Waals surface area contributed by atoms with Gasteiger partial charge in [-0.3, -0.25) is 10.1 Å². The highest BCUT2D eigenvalue weighted by molar-refractivity contribution is 5.90. The molecule has 0 unspecified atom stereocenters. The van der Waals surface area contributed by atoms with E-state index in [2.05, 4.69) is 6.58 Å². The summed E-state index contributed by atoms with van der Waals surface area (Å²) in [5, 5.41) is 10.5.